The number of hydrogen-bond acceptors (Lipinski definition) is 4. The van der Waals surface area contributed by atoms with Gasteiger partial charge in [0, 0.05) is 30.3 Å². The lowest BCUT2D eigenvalue weighted by Gasteiger charge is -2.37. The molecule has 1 unspecified atom stereocenters. The average Bonchev–Trinajstić information content (AvgIpc) is 2.87. The highest BCUT2D eigenvalue weighted by molar-refractivity contribution is 7.10. The van der Waals surface area contributed by atoms with Crippen LogP contribution in [0.15, 0.2) is 5.38 Å². The number of carbonyl (C=O) groups is 1. The van der Waals surface area contributed by atoms with Crippen molar-refractivity contribution in [3.05, 3.63) is 16.1 Å². The van der Waals surface area contributed by atoms with E-state index in [1.54, 1.807) is 5.38 Å². The first kappa shape index (κ1) is 16.3. The van der Waals surface area contributed by atoms with E-state index in [1.165, 1.54) is 16.2 Å². The second-order valence-electron chi connectivity index (χ2n) is 6.43. The summed E-state index contributed by atoms with van der Waals surface area (Å²) in [4.78, 5) is 18.0. The zero-order valence-corrected chi connectivity index (χ0v) is 13.2. The van der Waals surface area contributed by atoms with Gasteiger partial charge >= 0.3 is 0 Å². The SMILES string of the molecule is CC(C)(C)c1nc(C(=O)N2CCC(F)(F)C(CO)C2)cs1. The monoisotopic (exact) mass is 318 g/mol. The van der Waals surface area contributed by atoms with Crippen LogP contribution >= 0.6 is 11.3 Å². The van der Waals surface area contributed by atoms with Crippen molar-refractivity contribution in [1.82, 2.24) is 9.88 Å². The Morgan fingerprint density at radius 2 is 2.24 bits per heavy atom. The van der Waals surface area contributed by atoms with E-state index in [4.69, 9.17) is 5.11 Å². The number of carbonyl (C=O) groups excluding carboxylic acids is 1. The highest BCUT2D eigenvalue weighted by atomic mass is 32.1. The number of alkyl halides is 2. The van der Waals surface area contributed by atoms with Crippen LogP contribution in [0.4, 0.5) is 8.78 Å². The van der Waals surface area contributed by atoms with Crippen molar-refractivity contribution in [1.29, 1.82) is 0 Å². The van der Waals surface area contributed by atoms with E-state index in [0.717, 1.165) is 5.01 Å². The van der Waals surface area contributed by atoms with Crippen LogP contribution < -0.4 is 0 Å². The van der Waals surface area contributed by atoms with E-state index in [0.29, 0.717) is 5.69 Å². The molecule has 4 nitrogen and oxygen atoms in total. The minimum Gasteiger partial charge on any atom is -0.396 e. The number of hydrogen-bond donors (Lipinski definition) is 1. The normalized spacial score (nSPS) is 22.4. The van der Waals surface area contributed by atoms with Gasteiger partial charge in [-0.05, 0) is 0 Å². The van der Waals surface area contributed by atoms with Crippen LogP contribution in [0.1, 0.15) is 42.7 Å². The van der Waals surface area contributed by atoms with Gasteiger partial charge in [-0.1, -0.05) is 20.8 Å². The lowest BCUT2D eigenvalue weighted by molar-refractivity contribution is -0.113. The highest BCUT2D eigenvalue weighted by Crippen LogP contribution is 2.34. The molecular formula is C14H20F2N2O2S. The Morgan fingerprint density at radius 1 is 1.57 bits per heavy atom. The number of aliphatic hydroxyl groups excluding tert-OH is 1. The summed E-state index contributed by atoms with van der Waals surface area (Å²) in [7, 11) is 0. The van der Waals surface area contributed by atoms with Gasteiger partial charge in [0.05, 0.1) is 17.5 Å². The largest absolute Gasteiger partial charge is 0.396 e. The highest BCUT2D eigenvalue weighted by Gasteiger charge is 2.45. The maximum Gasteiger partial charge on any atom is 0.273 e. The third kappa shape index (κ3) is 3.40. The zero-order valence-electron chi connectivity index (χ0n) is 12.4. The summed E-state index contributed by atoms with van der Waals surface area (Å²) in [5.41, 5.74) is 0.151. The molecule has 0 spiro atoms. The second kappa shape index (κ2) is 5.61. The predicted octanol–water partition coefficient (Wildman–Crippen LogP) is 2.53. The minimum atomic E-state index is -2.91. The lowest BCUT2D eigenvalue weighted by Crippen LogP contribution is -2.50. The van der Waals surface area contributed by atoms with Gasteiger partial charge in [0.2, 0.25) is 0 Å². The molecule has 1 amide bonds. The molecule has 7 heteroatoms. The third-order valence-corrected chi connectivity index (χ3v) is 4.89. The lowest BCUT2D eigenvalue weighted by atomic mass is 9.94. The minimum absolute atomic E-state index is 0.00922. The van der Waals surface area contributed by atoms with Gasteiger partial charge in [-0.25, -0.2) is 13.8 Å². The number of thiazole rings is 1. The quantitative estimate of drug-likeness (QED) is 0.912. The van der Waals surface area contributed by atoms with Crippen molar-refractivity contribution in [3.63, 3.8) is 0 Å². The Bertz CT molecular complexity index is 525. The summed E-state index contributed by atoms with van der Waals surface area (Å²) in [6.07, 6.45) is -0.416. The van der Waals surface area contributed by atoms with E-state index in [1.807, 2.05) is 20.8 Å². The Morgan fingerprint density at radius 3 is 2.76 bits per heavy atom. The van der Waals surface area contributed by atoms with Crippen molar-refractivity contribution >= 4 is 17.2 Å². The topological polar surface area (TPSA) is 53.4 Å². The van der Waals surface area contributed by atoms with Crippen LogP contribution in [0, 0.1) is 5.92 Å². The summed E-state index contributed by atoms with van der Waals surface area (Å²) in [6, 6.07) is 0. The van der Waals surface area contributed by atoms with E-state index in [9.17, 15) is 13.6 Å². The average molecular weight is 318 g/mol. The first-order chi connectivity index (χ1) is 9.65. The number of nitrogens with zero attached hydrogens (tertiary/aromatic N) is 2. The molecule has 2 heterocycles. The van der Waals surface area contributed by atoms with Crippen molar-refractivity contribution in [2.24, 2.45) is 5.92 Å². The van der Waals surface area contributed by atoms with Crippen LogP contribution in [0.5, 0.6) is 0 Å². The number of likely N-dealkylation sites (tertiary alicyclic amines) is 1. The van der Waals surface area contributed by atoms with Gasteiger partial charge in [-0.15, -0.1) is 11.3 Å². The van der Waals surface area contributed by atoms with Crippen molar-refractivity contribution in [3.8, 4) is 0 Å². The summed E-state index contributed by atoms with van der Waals surface area (Å²) in [5.74, 6) is -4.45. The molecule has 118 valence electrons. The number of aliphatic hydroxyl groups is 1. The molecule has 1 atom stereocenters. The fraction of sp³-hybridized carbons (Fsp3) is 0.714. The molecule has 21 heavy (non-hydrogen) atoms. The Labute approximate surface area is 126 Å². The van der Waals surface area contributed by atoms with Gasteiger partial charge in [0.1, 0.15) is 5.69 Å². The smallest absolute Gasteiger partial charge is 0.273 e. The molecule has 0 radical (unpaired) electrons. The van der Waals surface area contributed by atoms with Gasteiger partial charge in [-0.2, -0.15) is 0 Å². The molecule has 1 saturated heterocycles. The molecule has 0 saturated carbocycles. The summed E-state index contributed by atoms with van der Waals surface area (Å²) in [6.45, 7) is 5.24. The van der Waals surface area contributed by atoms with Crippen LogP contribution in [0.2, 0.25) is 0 Å². The van der Waals surface area contributed by atoms with Crippen LogP contribution in [0.3, 0.4) is 0 Å². The first-order valence-corrected chi connectivity index (χ1v) is 7.77. The molecular weight excluding hydrogens is 298 g/mol. The molecule has 1 aromatic heterocycles. The maximum absolute atomic E-state index is 13.6. The Hall–Kier alpha value is -1.08. The summed E-state index contributed by atoms with van der Waals surface area (Å²) < 4.78 is 27.1. The van der Waals surface area contributed by atoms with Crippen LogP contribution in [0.25, 0.3) is 0 Å². The zero-order chi connectivity index (χ0) is 15.8. The molecule has 0 bridgehead atoms. The number of aromatic nitrogens is 1. The van der Waals surface area contributed by atoms with Gasteiger partial charge in [0.25, 0.3) is 11.8 Å². The molecule has 1 fully saturated rings. The molecule has 1 N–H and O–H groups in total. The molecule has 1 aromatic rings. The van der Waals surface area contributed by atoms with E-state index >= 15 is 0 Å². The standard InChI is InChI=1S/C14H20F2N2O2S/c1-13(2,3)12-17-10(8-21-12)11(20)18-5-4-14(15,16)9(6-18)7-19/h8-9,19H,4-7H2,1-3H3. The maximum atomic E-state index is 13.6. The number of rotatable bonds is 2. The first-order valence-electron chi connectivity index (χ1n) is 6.89. The molecule has 0 aromatic carbocycles. The fourth-order valence-corrected chi connectivity index (χ4v) is 3.11. The van der Waals surface area contributed by atoms with Crippen LogP contribution in [-0.2, 0) is 5.41 Å². The molecule has 1 aliphatic rings. The second-order valence-corrected chi connectivity index (χ2v) is 7.29. The van der Waals surface area contributed by atoms with Gasteiger partial charge < -0.3 is 10.0 Å². The van der Waals surface area contributed by atoms with Crippen molar-refractivity contribution < 1.29 is 18.7 Å². The van der Waals surface area contributed by atoms with E-state index < -0.39 is 24.9 Å². The molecule has 0 aliphatic carbocycles. The van der Waals surface area contributed by atoms with Crippen molar-refractivity contribution in [2.45, 2.75) is 38.5 Å². The van der Waals surface area contributed by atoms with Gasteiger partial charge in [-0.3, -0.25) is 4.79 Å². The van der Waals surface area contributed by atoms with E-state index in [-0.39, 0.29) is 24.4 Å². The third-order valence-electron chi connectivity index (χ3n) is 3.63. The fourth-order valence-electron chi connectivity index (χ4n) is 2.23. The molecule has 1 aliphatic heterocycles. The van der Waals surface area contributed by atoms with E-state index in [2.05, 4.69) is 4.98 Å². The summed E-state index contributed by atoms with van der Waals surface area (Å²) >= 11 is 1.40. The summed E-state index contributed by atoms with van der Waals surface area (Å²) in [5, 5.41) is 11.6. The molecule has 2 rings (SSSR count). The number of amides is 1. The number of piperidine rings is 1. The number of halogens is 2. The van der Waals surface area contributed by atoms with Gasteiger partial charge in [0.15, 0.2) is 0 Å². The van der Waals surface area contributed by atoms with Crippen molar-refractivity contribution in [2.75, 3.05) is 19.7 Å². The van der Waals surface area contributed by atoms with Crippen LogP contribution in [-0.4, -0.2) is 46.5 Å². The Balaban J connectivity index is 2.12. The Kier molecular flexibility index (Phi) is 4.35. The predicted molar refractivity (Wildman–Crippen MR) is 76.9 cm³/mol.